The minimum atomic E-state index is 0.322. The second-order valence-corrected chi connectivity index (χ2v) is 5.04. The van der Waals surface area contributed by atoms with Gasteiger partial charge in [-0.3, -0.25) is 4.98 Å². The standard InChI is InChI=1S/C15H19N3O/c1-19-11-3-2-8-18(10-11)15-5-4-14(16)13-9-17-7-6-12(13)15/h4-7,9,11H,2-3,8,10,16H2,1H3. The summed E-state index contributed by atoms with van der Waals surface area (Å²) >= 11 is 0. The average molecular weight is 257 g/mol. The van der Waals surface area contributed by atoms with Crippen molar-refractivity contribution in [1.82, 2.24) is 4.98 Å². The van der Waals surface area contributed by atoms with E-state index in [2.05, 4.69) is 16.0 Å². The predicted molar refractivity (Wildman–Crippen MR) is 78.4 cm³/mol. The van der Waals surface area contributed by atoms with Crippen LogP contribution in [0.2, 0.25) is 0 Å². The smallest absolute Gasteiger partial charge is 0.0746 e. The second-order valence-electron chi connectivity index (χ2n) is 5.04. The van der Waals surface area contributed by atoms with Crippen molar-refractivity contribution in [2.75, 3.05) is 30.8 Å². The van der Waals surface area contributed by atoms with Gasteiger partial charge in [0.2, 0.25) is 0 Å². The molecule has 4 nitrogen and oxygen atoms in total. The maximum atomic E-state index is 6.02. The molecule has 0 radical (unpaired) electrons. The van der Waals surface area contributed by atoms with Gasteiger partial charge in [0.05, 0.1) is 6.10 Å². The Morgan fingerprint density at radius 3 is 3.05 bits per heavy atom. The highest BCUT2D eigenvalue weighted by Gasteiger charge is 2.21. The van der Waals surface area contributed by atoms with Crippen molar-refractivity contribution in [2.24, 2.45) is 0 Å². The molecule has 0 spiro atoms. The lowest BCUT2D eigenvalue weighted by Crippen LogP contribution is -2.39. The maximum Gasteiger partial charge on any atom is 0.0746 e. The fraction of sp³-hybridized carbons (Fsp3) is 0.400. The number of methoxy groups -OCH3 is 1. The van der Waals surface area contributed by atoms with Gasteiger partial charge in [0.15, 0.2) is 0 Å². The van der Waals surface area contributed by atoms with Crippen molar-refractivity contribution in [1.29, 1.82) is 0 Å². The van der Waals surface area contributed by atoms with Gasteiger partial charge < -0.3 is 15.4 Å². The zero-order valence-electron chi connectivity index (χ0n) is 11.2. The monoisotopic (exact) mass is 257 g/mol. The van der Waals surface area contributed by atoms with Crippen LogP contribution in [0.3, 0.4) is 0 Å². The third kappa shape index (κ3) is 2.24. The average Bonchev–Trinajstić information content (AvgIpc) is 2.48. The molecule has 1 aliphatic heterocycles. The van der Waals surface area contributed by atoms with E-state index < -0.39 is 0 Å². The third-order valence-electron chi connectivity index (χ3n) is 3.88. The molecule has 0 aliphatic carbocycles. The quantitative estimate of drug-likeness (QED) is 0.839. The number of pyridine rings is 1. The van der Waals surface area contributed by atoms with Crippen LogP contribution in [0.4, 0.5) is 11.4 Å². The number of hydrogen-bond donors (Lipinski definition) is 1. The molecule has 1 aliphatic rings. The number of anilines is 2. The molecule has 0 amide bonds. The second kappa shape index (κ2) is 5.05. The fourth-order valence-corrected chi connectivity index (χ4v) is 2.82. The summed E-state index contributed by atoms with van der Waals surface area (Å²) in [6.07, 6.45) is 6.29. The fourth-order valence-electron chi connectivity index (χ4n) is 2.82. The first kappa shape index (κ1) is 12.2. The molecule has 1 unspecified atom stereocenters. The van der Waals surface area contributed by atoms with Gasteiger partial charge in [0, 0.05) is 54.7 Å². The maximum absolute atomic E-state index is 6.02. The topological polar surface area (TPSA) is 51.4 Å². The molecule has 0 bridgehead atoms. The largest absolute Gasteiger partial charge is 0.398 e. The van der Waals surface area contributed by atoms with Crippen LogP contribution < -0.4 is 10.6 Å². The van der Waals surface area contributed by atoms with Crippen LogP contribution in [0.25, 0.3) is 10.8 Å². The SMILES string of the molecule is COC1CCCN(c2ccc(N)c3cnccc23)C1. The molecule has 1 fully saturated rings. The van der Waals surface area contributed by atoms with Gasteiger partial charge in [0.1, 0.15) is 0 Å². The van der Waals surface area contributed by atoms with E-state index in [9.17, 15) is 0 Å². The molecule has 100 valence electrons. The Morgan fingerprint density at radius 1 is 1.32 bits per heavy atom. The van der Waals surface area contributed by atoms with Crippen molar-refractivity contribution in [3.8, 4) is 0 Å². The lowest BCUT2D eigenvalue weighted by atomic mass is 10.0. The van der Waals surface area contributed by atoms with E-state index in [4.69, 9.17) is 10.5 Å². The first-order valence-corrected chi connectivity index (χ1v) is 6.69. The van der Waals surface area contributed by atoms with E-state index in [1.165, 1.54) is 11.1 Å². The highest BCUT2D eigenvalue weighted by molar-refractivity contribution is 6.00. The van der Waals surface area contributed by atoms with E-state index in [-0.39, 0.29) is 0 Å². The van der Waals surface area contributed by atoms with E-state index in [0.29, 0.717) is 6.10 Å². The van der Waals surface area contributed by atoms with E-state index >= 15 is 0 Å². The normalized spacial score (nSPS) is 19.8. The van der Waals surface area contributed by atoms with Crippen molar-refractivity contribution in [3.05, 3.63) is 30.6 Å². The summed E-state index contributed by atoms with van der Waals surface area (Å²) in [5, 5.41) is 2.20. The van der Waals surface area contributed by atoms with E-state index in [1.807, 2.05) is 24.5 Å². The van der Waals surface area contributed by atoms with Crippen LogP contribution in [0.5, 0.6) is 0 Å². The Morgan fingerprint density at radius 2 is 2.21 bits per heavy atom. The van der Waals surface area contributed by atoms with Crippen molar-refractivity contribution in [2.45, 2.75) is 18.9 Å². The minimum absolute atomic E-state index is 0.322. The molecule has 0 saturated carbocycles. The lowest BCUT2D eigenvalue weighted by molar-refractivity contribution is 0.0894. The number of hydrogen-bond acceptors (Lipinski definition) is 4. The lowest BCUT2D eigenvalue weighted by Gasteiger charge is -2.34. The van der Waals surface area contributed by atoms with Crippen LogP contribution in [0, 0.1) is 0 Å². The van der Waals surface area contributed by atoms with Crippen molar-refractivity contribution >= 4 is 22.1 Å². The third-order valence-corrected chi connectivity index (χ3v) is 3.88. The van der Waals surface area contributed by atoms with Gasteiger partial charge in [-0.25, -0.2) is 0 Å². The Labute approximate surface area is 113 Å². The van der Waals surface area contributed by atoms with Gasteiger partial charge in [-0.1, -0.05) is 0 Å². The molecule has 3 rings (SSSR count). The Kier molecular flexibility index (Phi) is 3.25. The first-order valence-electron chi connectivity index (χ1n) is 6.69. The zero-order chi connectivity index (χ0) is 13.2. The highest BCUT2D eigenvalue weighted by Crippen LogP contribution is 2.32. The number of nitrogens with two attached hydrogens (primary N) is 1. The summed E-state index contributed by atoms with van der Waals surface area (Å²) < 4.78 is 5.50. The Hall–Kier alpha value is -1.81. The van der Waals surface area contributed by atoms with E-state index in [0.717, 1.165) is 37.0 Å². The Bertz CT molecular complexity index is 585. The number of nitrogen functional groups attached to an aromatic ring is 1. The molecule has 2 heterocycles. The molecule has 1 atom stereocenters. The molecule has 4 heteroatoms. The predicted octanol–water partition coefficient (Wildman–Crippen LogP) is 2.43. The van der Waals surface area contributed by atoms with Crippen LogP contribution in [0.1, 0.15) is 12.8 Å². The van der Waals surface area contributed by atoms with Gasteiger partial charge in [-0.05, 0) is 31.0 Å². The molecule has 2 aromatic rings. The summed E-state index contributed by atoms with van der Waals surface area (Å²) in [5.41, 5.74) is 8.04. The van der Waals surface area contributed by atoms with Gasteiger partial charge in [0.25, 0.3) is 0 Å². The minimum Gasteiger partial charge on any atom is -0.398 e. The number of ether oxygens (including phenoxy) is 1. The van der Waals surface area contributed by atoms with Crippen LogP contribution in [-0.4, -0.2) is 31.3 Å². The van der Waals surface area contributed by atoms with Gasteiger partial charge >= 0.3 is 0 Å². The summed E-state index contributed by atoms with van der Waals surface area (Å²) in [6.45, 7) is 2.01. The molecular weight excluding hydrogens is 238 g/mol. The summed E-state index contributed by atoms with van der Waals surface area (Å²) in [7, 11) is 1.79. The van der Waals surface area contributed by atoms with Crippen molar-refractivity contribution in [3.63, 3.8) is 0 Å². The number of piperidine rings is 1. The number of rotatable bonds is 2. The summed E-state index contributed by atoms with van der Waals surface area (Å²) in [4.78, 5) is 6.56. The van der Waals surface area contributed by atoms with Gasteiger partial charge in [-0.2, -0.15) is 0 Å². The molecule has 1 saturated heterocycles. The Balaban J connectivity index is 2.03. The molecular formula is C15H19N3O. The number of aromatic nitrogens is 1. The van der Waals surface area contributed by atoms with Crippen molar-refractivity contribution < 1.29 is 4.74 Å². The van der Waals surface area contributed by atoms with Crippen LogP contribution >= 0.6 is 0 Å². The first-order chi connectivity index (χ1) is 9.29. The van der Waals surface area contributed by atoms with Crippen LogP contribution in [0.15, 0.2) is 30.6 Å². The van der Waals surface area contributed by atoms with Gasteiger partial charge in [-0.15, -0.1) is 0 Å². The molecule has 2 N–H and O–H groups in total. The zero-order valence-corrected chi connectivity index (χ0v) is 11.2. The number of fused-ring (bicyclic) bond motifs is 1. The summed E-state index contributed by atoms with van der Waals surface area (Å²) in [5.74, 6) is 0. The number of benzene rings is 1. The van der Waals surface area contributed by atoms with Crippen LogP contribution in [-0.2, 0) is 4.74 Å². The van der Waals surface area contributed by atoms with E-state index in [1.54, 1.807) is 7.11 Å². The molecule has 19 heavy (non-hydrogen) atoms. The highest BCUT2D eigenvalue weighted by atomic mass is 16.5. The molecule has 1 aromatic heterocycles. The molecule has 1 aromatic carbocycles. The number of nitrogens with zero attached hydrogens (tertiary/aromatic N) is 2. The summed E-state index contributed by atoms with van der Waals surface area (Å²) in [6, 6.07) is 6.11.